The van der Waals surface area contributed by atoms with E-state index in [4.69, 9.17) is 18.9 Å². The molecule has 170 valence electrons. The highest BCUT2D eigenvalue weighted by Gasteiger charge is 2.25. The molecule has 0 bridgehead atoms. The highest BCUT2D eigenvalue weighted by Crippen LogP contribution is 2.31. The average molecular weight is 432 g/mol. The Morgan fingerprint density at radius 3 is 1.77 bits per heavy atom. The van der Waals surface area contributed by atoms with Gasteiger partial charge in [-0.1, -0.05) is 6.07 Å². The van der Waals surface area contributed by atoms with Gasteiger partial charge < -0.3 is 28.7 Å². The van der Waals surface area contributed by atoms with Gasteiger partial charge in [-0.05, 0) is 49.7 Å². The Balaban J connectivity index is 2.09. The van der Waals surface area contributed by atoms with Crippen molar-refractivity contribution < 1.29 is 28.6 Å². The first-order valence-corrected chi connectivity index (χ1v) is 10.3. The van der Waals surface area contributed by atoms with Crippen LogP contribution in [0.3, 0.4) is 0 Å². The van der Waals surface area contributed by atoms with Gasteiger partial charge in [-0.15, -0.1) is 0 Å². The highest BCUT2D eigenvalue weighted by atomic mass is 16.5. The van der Waals surface area contributed by atoms with Crippen molar-refractivity contribution in [2.75, 3.05) is 49.1 Å². The topological polar surface area (TPSA) is 61.7 Å². The predicted molar refractivity (Wildman–Crippen MR) is 120 cm³/mol. The zero-order valence-electron chi connectivity index (χ0n) is 19.8. The van der Waals surface area contributed by atoms with Crippen LogP contribution in [-0.4, -0.2) is 59.9 Å². The first kappa shape index (κ1) is 24.3. The van der Waals surface area contributed by atoms with Crippen molar-refractivity contribution in [3.05, 3.63) is 47.5 Å². The number of hydrogen-bond donors (Lipinski definition) is 1. The predicted octanol–water partition coefficient (Wildman–Crippen LogP) is 2.52. The van der Waals surface area contributed by atoms with E-state index in [1.807, 2.05) is 57.4 Å². The van der Waals surface area contributed by atoms with Gasteiger partial charge in [-0.2, -0.15) is 0 Å². The van der Waals surface area contributed by atoms with Crippen LogP contribution < -0.4 is 23.8 Å². The minimum absolute atomic E-state index is 0.0621. The highest BCUT2D eigenvalue weighted by molar-refractivity contribution is 5.77. The van der Waals surface area contributed by atoms with E-state index in [0.29, 0.717) is 29.5 Å². The summed E-state index contributed by atoms with van der Waals surface area (Å²) in [6.45, 7) is 4.47. The Morgan fingerprint density at radius 2 is 1.29 bits per heavy atom. The molecule has 1 amide bonds. The molecule has 31 heavy (non-hydrogen) atoms. The number of ether oxygens (including phenoxy) is 4. The summed E-state index contributed by atoms with van der Waals surface area (Å²) in [5.74, 6) is 2.76. The zero-order valence-corrected chi connectivity index (χ0v) is 19.8. The normalized spacial score (nSPS) is 13.7. The Labute approximate surface area is 185 Å². The number of hydrogen-bond acceptors (Lipinski definition) is 5. The van der Waals surface area contributed by atoms with Crippen LogP contribution in [0.5, 0.6) is 23.0 Å². The van der Waals surface area contributed by atoms with Gasteiger partial charge in [0.2, 0.25) is 0 Å². The van der Waals surface area contributed by atoms with Gasteiger partial charge in [-0.25, -0.2) is 0 Å². The number of carbonyl (C=O) groups is 1. The van der Waals surface area contributed by atoms with Crippen LogP contribution in [0.4, 0.5) is 0 Å². The van der Waals surface area contributed by atoms with Crippen molar-refractivity contribution in [1.29, 1.82) is 0 Å². The van der Waals surface area contributed by atoms with Crippen molar-refractivity contribution in [3.8, 4) is 23.0 Å². The molecule has 2 aromatic rings. The molecule has 0 saturated carbocycles. The molecule has 0 saturated heterocycles. The van der Waals surface area contributed by atoms with Gasteiger partial charge in [0.25, 0.3) is 5.91 Å². The Bertz CT molecular complexity index is 886. The summed E-state index contributed by atoms with van der Waals surface area (Å²) >= 11 is 0. The van der Waals surface area contributed by atoms with Crippen molar-refractivity contribution >= 4 is 5.91 Å². The first-order chi connectivity index (χ1) is 14.8. The fraction of sp³-hybridized carbons (Fsp3) is 0.458. The fourth-order valence-corrected chi connectivity index (χ4v) is 3.48. The molecule has 0 aliphatic carbocycles. The summed E-state index contributed by atoms with van der Waals surface area (Å²) < 4.78 is 21.4. The summed E-state index contributed by atoms with van der Waals surface area (Å²) in [6, 6.07) is 11.6. The average Bonchev–Trinajstić information content (AvgIpc) is 2.81. The van der Waals surface area contributed by atoms with Crippen molar-refractivity contribution in [3.63, 3.8) is 0 Å². The summed E-state index contributed by atoms with van der Waals surface area (Å²) in [4.78, 5) is 15.9. The standard InChI is InChI=1S/C24H34N2O5/c1-16(18-9-11-20(28-5)22(13-18)30-7)25(3)15-24(27)26(4)17(2)19-10-12-21(29-6)23(14-19)31-8/h9-14,16-17H,15H2,1-8H3/p+1/t16-,17+/m1/s1. The van der Waals surface area contributed by atoms with Crippen LogP contribution in [-0.2, 0) is 4.79 Å². The summed E-state index contributed by atoms with van der Waals surface area (Å²) in [5.41, 5.74) is 2.07. The van der Waals surface area contributed by atoms with E-state index in [1.54, 1.807) is 33.3 Å². The largest absolute Gasteiger partial charge is 0.493 e. The van der Waals surface area contributed by atoms with Crippen LogP contribution in [0, 0.1) is 0 Å². The molecule has 2 rings (SSSR count). The molecule has 1 unspecified atom stereocenters. The monoisotopic (exact) mass is 431 g/mol. The van der Waals surface area contributed by atoms with E-state index in [1.165, 1.54) is 0 Å². The van der Waals surface area contributed by atoms with E-state index in [9.17, 15) is 4.79 Å². The maximum atomic E-state index is 13.0. The second-order valence-corrected chi connectivity index (χ2v) is 7.65. The minimum atomic E-state index is -0.100. The Kier molecular flexibility index (Phi) is 8.56. The van der Waals surface area contributed by atoms with E-state index in [0.717, 1.165) is 16.0 Å². The van der Waals surface area contributed by atoms with Gasteiger partial charge in [0.05, 0.1) is 41.5 Å². The lowest BCUT2D eigenvalue weighted by molar-refractivity contribution is -0.902. The molecule has 0 aliphatic heterocycles. The molecule has 0 fully saturated rings. The van der Waals surface area contributed by atoms with Crippen LogP contribution in [0.15, 0.2) is 36.4 Å². The van der Waals surface area contributed by atoms with E-state index >= 15 is 0 Å². The molecule has 0 aliphatic rings. The van der Waals surface area contributed by atoms with Crippen molar-refractivity contribution in [2.45, 2.75) is 25.9 Å². The molecule has 0 heterocycles. The molecular weight excluding hydrogens is 396 g/mol. The third-order valence-corrected chi connectivity index (χ3v) is 5.94. The summed E-state index contributed by atoms with van der Waals surface area (Å²) in [7, 11) is 10.3. The zero-order chi connectivity index (χ0) is 23.1. The number of benzene rings is 2. The number of quaternary nitrogens is 1. The lowest BCUT2D eigenvalue weighted by atomic mass is 10.1. The van der Waals surface area contributed by atoms with Crippen molar-refractivity contribution in [1.82, 2.24) is 4.90 Å². The fourth-order valence-electron chi connectivity index (χ4n) is 3.48. The van der Waals surface area contributed by atoms with Gasteiger partial charge in [0.1, 0.15) is 6.04 Å². The lowest BCUT2D eigenvalue weighted by Gasteiger charge is -2.29. The van der Waals surface area contributed by atoms with E-state index in [2.05, 4.69) is 6.92 Å². The number of amides is 1. The number of rotatable bonds is 10. The third kappa shape index (κ3) is 5.61. The molecule has 0 aromatic heterocycles. The van der Waals surface area contributed by atoms with Crippen molar-refractivity contribution in [2.24, 2.45) is 0 Å². The third-order valence-electron chi connectivity index (χ3n) is 5.94. The number of methoxy groups -OCH3 is 4. The van der Waals surface area contributed by atoms with Gasteiger partial charge >= 0.3 is 0 Å². The number of nitrogens with zero attached hydrogens (tertiary/aromatic N) is 1. The van der Waals surface area contributed by atoms with E-state index in [-0.39, 0.29) is 18.0 Å². The van der Waals surface area contributed by atoms with Crippen LogP contribution in [0.2, 0.25) is 0 Å². The quantitative estimate of drug-likeness (QED) is 0.626. The molecule has 7 nitrogen and oxygen atoms in total. The van der Waals surface area contributed by atoms with Crippen LogP contribution in [0.25, 0.3) is 0 Å². The second kappa shape index (κ2) is 10.9. The van der Waals surface area contributed by atoms with Crippen LogP contribution >= 0.6 is 0 Å². The molecular formula is C24H35N2O5+. The van der Waals surface area contributed by atoms with E-state index < -0.39 is 0 Å². The smallest absolute Gasteiger partial charge is 0.278 e. The second-order valence-electron chi connectivity index (χ2n) is 7.65. The van der Waals surface area contributed by atoms with Gasteiger partial charge in [-0.3, -0.25) is 4.79 Å². The maximum Gasteiger partial charge on any atom is 0.278 e. The molecule has 2 aromatic carbocycles. The molecule has 7 heteroatoms. The molecule has 3 atom stereocenters. The molecule has 1 N–H and O–H groups in total. The molecule has 0 radical (unpaired) electrons. The number of likely N-dealkylation sites (N-methyl/N-ethyl adjacent to an activating group) is 2. The van der Waals surface area contributed by atoms with Gasteiger partial charge in [0.15, 0.2) is 29.5 Å². The SMILES string of the molecule is COc1ccc([C@@H](C)[NH+](C)CC(=O)N(C)[C@@H](C)c2ccc(OC)c(OC)c2)cc1OC. The minimum Gasteiger partial charge on any atom is -0.493 e. The summed E-state index contributed by atoms with van der Waals surface area (Å²) in [5, 5.41) is 0. The van der Waals surface area contributed by atoms with Gasteiger partial charge in [0, 0.05) is 12.6 Å². The number of nitrogens with one attached hydrogen (secondary N) is 1. The lowest BCUT2D eigenvalue weighted by Crippen LogP contribution is -3.10. The summed E-state index contributed by atoms with van der Waals surface area (Å²) in [6.07, 6.45) is 0. The van der Waals surface area contributed by atoms with Crippen LogP contribution in [0.1, 0.15) is 37.1 Å². The Hall–Kier alpha value is -2.93. The Morgan fingerprint density at radius 1 is 0.839 bits per heavy atom. The first-order valence-electron chi connectivity index (χ1n) is 10.3. The number of carbonyl (C=O) groups excluding carboxylic acids is 1. The maximum absolute atomic E-state index is 13.0. The molecule has 0 spiro atoms.